The third-order valence-corrected chi connectivity index (χ3v) is 4.92. The Bertz CT molecular complexity index is 1090. The van der Waals surface area contributed by atoms with Crippen molar-refractivity contribution >= 4 is 29.1 Å². The van der Waals surface area contributed by atoms with Crippen molar-refractivity contribution in [3.05, 3.63) is 72.6 Å². The molecule has 0 fully saturated rings. The van der Waals surface area contributed by atoms with Crippen LogP contribution in [0.2, 0.25) is 0 Å². The number of carbonyl (C=O) groups excluding carboxylic acids is 2. The molecule has 2 N–H and O–H groups in total. The Morgan fingerprint density at radius 3 is 2.67 bits per heavy atom. The fourth-order valence-corrected chi connectivity index (χ4v) is 3.37. The third-order valence-electron chi connectivity index (χ3n) is 4.92. The van der Waals surface area contributed by atoms with Crippen LogP contribution < -0.4 is 10.6 Å². The predicted octanol–water partition coefficient (Wildman–Crippen LogP) is 3.86. The molecule has 1 aliphatic rings. The molecule has 0 radical (unpaired) electrons. The van der Waals surface area contributed by atoms with Crippen LogP contribution in [0.1, 0.15) is 24.0 Å². The summed E-state index contributed by atoms with van der Waals surface area (Å²) >= 11 is 0. The zero-order valence-electron chi connectivity index (χ0n) is 18.0. The van der Waals surface area contributed by atoms with Gasteiger partial charge in [0.25, 0.3) is 5.91 Å². The van der Waals surface area contributed by atoms with Gasteiger partial charge in [-0.25, -0.2) is 9.80 Å². The SMILES string of the molecule is COCCOC(=O)Nc1cccc(NCC(=O)N2N=C(c3ccco3)CC2c2ccco2)c1. The van der Waals surface area contributed by atoms with Gasteiger partial charge in [-0.3, -0.25) is 10.1 Å². The largest absolute Gasteiger partial charge is 0.467 e. The summed E-state index contributed by atoms with van der Waals surface area (Å²) in [5.74, 6) is 1.02. The summed E-state index contributed by atoms with van der Waals surface area (Å²) in [6.45, 7) is 0.465. The number of benzene rings is 1. The first-order chi connectivity index (χ1) is 16.1. The molecule has 1 aliphatic heterocycles. The minimum absolute atomic E-state index is 0.00607. The van der Waals surface area contributed by atoms with E-state index in [2.05, 4.69) is 15.7 Å². The maximum Gasteiger partial charge on any atom is 0.411 e. The minimum atomic E-state index is -0.585. The van der Waals surface area contributed by atoms with E-state index in [-0.39, 0.29) is 25.1 Å². The molecule has 0 aliphatic carbocycles. The number of hydrazone groups is 1. The highest BCUT2D eigenvalue weighted by Gasteiger charge is 2.35. The number of methoxy groups -OCH3 is 1. The van der Waals surface area contributed by atoms with Gasteiger partial charge in [0.15, 0.2) is 0 Å². The number of furan rings is 2. The van der Waals surface area contributed by atoms with Crippen molar-refractivity contribution in [1.82, 2.24) is 5.01 Å². The Hall–Kier alpha value is -4.05. The number of nitrogens with zero attached hydrogens (tertiary/aromatic N) is 2. The van der Waals surface area contributed by atoms with Crippen LogP contribution in [0.4, 0.5) is 16.2 Å². The molecule has 3 aromatic rings. The fraction of sp³-hybridized carbons (Fsp3) is 0.261. The average molecular weight is 452 g/mol. The second-order valence-electron chi connectivity index (χ2n) is 7.19. The molecular weight excluding hydrogens is 428 g/mol. The van der Waals surface area contributed by atoms with Crippen LogP contribution in [0.3, 0.4) is 0 Å². The Labute approximate surface area is 190 Å². The van der Waals surface area contributed by atoms with Crippen molar-refractivity contribution in [3.8, 4) is 0 Å². The molecular formula is C23H24N4O6. The summed E-state index contributed by atoms with van der Waals surface area (Å²) in [6, 6.07) is 13.8. The van der Waals surface area contributed by atoms with Crippen LogP contribution in [0, 0.1) is 0 Å². The Balaban J connectivity index is 1.39. The maximum absolute atomic E-state index is 13.0. The first-order valence-electron chi connectivity index (χ1n) is 10.4. The first-order valence-corrected chi connectivity index (χ1v) is 10.4. The van der Waals surface area contributed by atoms with E-state index in [1.54, 1.807) is 48.9 Å². The third kappa shape index (κ3) is 5.60. The summed E-state index contributed by atoms with van der Waals surface area (Å²) < 4.78 is 20.8. The van der Waals surface area contributed by atoms with Gasteiger partial charge in [0, 0.05) is 24.9 Å². The van der Waals surface area contributed by atoms with Gasteiger partial charge in [0.05, 0.1) is 25.7 Å². The number of amides is 2. The molecule has 1 aromatic carbocycles. The molecule has 0 saturated heterocycles. The zero-order valence-corrected chi connectivity index (χ0v) is 18.0. The van der Waals surface area contributed by atoms with Gasteiger partial charge in [-0.2, -0.15) is 5.10 Å². The Kier molecular flexibility index (Phi) is 7.06. The predicted molar refractivity (Wildman–Crippen MR) is 120 cm³/mol. The number of nitrogens with one attached hydrogen (secondary N) is 2. The fourth-order valence-electron chi connectivity index (χ4n) is 3.37. The highest BCUT2D eigenvalue weighted by Crippen LogP contribution is 2.33. The molecule has 0 spiro atoms. The molecule has 2 aromatic heterocycles. The number of rotatable bonds is 9. The number of anilines is 2. The Morgan fingerprint density at radius 1 is 1.09 bits per heavy atom. The zero-order chi connectivity index (χ0) is 23.0. The van der Waals surface area contributed by atoms with Crippen molar-refractivity contribution in [2.24, 2.45) is 5.10 Å². The summed E-state index contributed by atoms with van der Waals surface area (Å²) in [4.78, 5) is 24.8. The minimum Gasteiger partial charge on any atom is -0.467 e. The highest BCUT2D eigenvalue weighted by atomic mass is 16.6. The van der Waals surface area contributed by atoms with E-state index in [0.29, 0.717) is 41.6 Å². The van der Waals surface area contributed by atoms with E-state index in [1.807, 2.05) is 12.1 Å². The van der Waals surface area contributed by atoms with E-state index >= 15 is 0 Å². The lowest BCUT2D eigenvalue weighted by molar-refractivity contribution is -0.131. The average Bonchev–Trinajstić information content (AvgIpc) is 3.59. The van der Waals surface area contributed by atoms with Crippen LogP contribution in [0.5, 0.6) is 0 Å². The molecule has 10 nitrogen and oxygen atoms in total. The van der Waals surface area contributed by atoms with E-state index in [9.17, 15) is 9.59 Å². The normalized spacial score (nSPS) is 15.2. The van der Waals surface area contributed by atoms with Crippen molar-refractivity contribution < 1.29 is 27.9 Å². The topological polar surface area (TPSA) is 119 Å². The van der Waals surface area contributed by atoms with Gasteiger partial charge in [0.1, 0.15) is 29.9 Å². The van der Waals surface area contributed by atoms with E-state index in [0.717, 1.165) is 0 Å². The van der Waals surface area contributed by atoms with E-state index in [1.165, 1.54) is 12.1 Å². The molecule has 3 heterocycles. The lowest BCUT2D eigenvalue weighted by Gasteiger charge is -2.20. The number of hydrogen-bond acceptors (Lipinski definition) is 8. The van der Waals surface area contributed by atoms with Gasteiger partial charge < -0.3 is 23.6 Å². The number of ether oxygens (including phenoxy) is 2. The maximum atomic E-state index is 13.0. The molecule has 1 unspecified atom stereocenters. The summed E-state index contributed by atoms with van der Waals surface area (Å²) in [5, 5.41) is 11.6. The van der Waals surface area contributed by atoms with Gasteiger partial charge in [0.2, 0.25) is 0 Å². The monoisotopic (exact) mass is 452 g/mol. The van der Waals surface area contributed by atoms with Gasteiger partial charge in [-0.15, -0.1) is 0 Å². The van der Waals surface area contributed by atoms with Crippen LogP contribution >= 0.6 is 0 Å². The quantitative estimate of drug-likeness (QED) is 0.473. The van der Waals surface area contributed by atoms with Crippen molar-refractivity contribution in [2.45, 2.75) is 12.5 Å². The Morgan fingerprint density at radius 2 is 1.91 bits per heavy atom. The smallest absolute Gasteiger partial charge is 0.411 e. The summed E-state index contributed by atoms with van der Waals surface area (Å²) in [7, 11) is 1.53. The molecule has 33 heavy (non-hydrogen) atoms. The molecule has 2 amide bonds. The van der Waals surface area contributed by atoms with Gasteiger partial charge >= 0.3 is 6.09 Å². The second-order valence-corrected chi connectivity index (χ2v) is 7.19. The molecule has 10 heteroatoms. The van der Waals surface area contributed by atoms with Crippen LogP contribution in [-0.4, -0.2) is 49.6 Å². The van der Waals surface area contributed by atoms with Gasteiger partial charge in [-0.05, 0) is 42.5 Å². The van der Waals surface area contributed by atoms with Crippen LogP contribution in [-0.2, 0) is 14.3 Å². The lowest BCUT2D eigenvalue weighted by Crippen LogP contribution is -2.32. The highest BCUT2D eigenvalue weighted by molar-refractivity contribution is 6.01. The summed E-state index contributed by atoms with van der Waals surface area (Å²) in [6.07, 6.45) is 3.04. The molecule has 0 bridgehead atoms. The van der Waals surface area contributed by atoms with Crippen molar-refractivity contribution in [2.75, 3.05) is 37.5 Å². The first kappa shape index (κ1) is 22.2. The second kappa shape index (κ2) is 10.5. The van der Waals surface area contributed by atoms with Crippen LogP contribution in [0.25, 0.3) is 0 Å². The van der Waals surface area contributed by atoms with Gasteiger partial charge in [-0.1, -0.05) is 6.07 Å². The molecule has 0 saturated carbocycles. The molecule has 4 rings (SSSR count). The molecule has 172 valence electrons. The number of hydrogen-bond donors (Lipinski definition) is 2. The van der Waals surface area contributed by atoms with Crippen LogP contribution in [0.15, 0.2) is 75.0 Å². The lowest BCUT2D eigenvalue weighted by atomic mass is 10.1. The molecule has 1 atom stereocenters. The standard InChI is InChI=1S/C23H24N4O6/c1-30-11-12-33-23(29)25-17-6-2-5-16(13-17)24-15-22(28)27-19(21-8-4-10-32-21)14-18(26-27)20-7-3-9-31-20/h2-10,13,19,24H,11-12,14-15H2,1H3,(H,25,29). The number of carbonyl (C=O) groups is 2. The van der Waals surface area contributed by atoms with Crippen molar-refractivity contribution in [1.29, 1.82) is 0 Å². The summed E-state index contributed by atoms with van der Waals surface area (Å²) in [5.41, 5.74) is 1.86. The van der Waals surface area contributed by atoms with Crippen molar-refractivity contribution in [3.63, 3.8) is 0 Å². The van der Waals surface area contributed by atoms with E-state index < -0.39 is 6.09 Å². The van der Waals surface area contributed by atoms with E-state index in [4.69, 9.17) is 18.3 Å².